The molecule has 36 heavy (non-hydrogen) atoms. The van der Waals surface area contributed by atoms with Gasteiger partial charge >= 0.3 is 6.09 Å². The average Bonchev–Trinajstić information content (AvgIpc) is 3.27. The number of ether oxygens (including phenoxy) is 1. The lowest BCUT2D eigenvalue weighted by Gasteiger charge is -2.31. The molecule has 6 nitrogen and oxygen atoms in total. The Morgan fingerprint density at radius 2 is 1.72 bits per heavy atom. The van der Waals surface area contributed by atoms with E-state index in [0.717, 1.165) is 40.2 Å². The topological polar surface area (TPSA) is 83.2 Å². The second-order valence-electron chi connectivity index (χ2n) is 8.91. The largest absolute Gasteiger partial charge is 0.445 e. The number of H-pyrrole nitrogens is 1. The van der Waals surface area contributed by atoms with E-state index in [4.69, 9.17) is 4.74 Å². The monoisotopic (exact) mass is 491 g/mol. The van der Waals surface area contributed by atoms with E-state index < -0.39 is 35.8 Å². The molecule has 4 aromatic rings. The van der Waals surface area contributed by atoms with Crippen molar-refractivity contribution >= 4 is 22.9 Å². The summed E-state index contributed by atoms with van der Waals surface area (Å²) in [5.74, 6) is -1.76. The second-order valence-corrected chi connectivity index (χ2v) is 8.91. The molecule has 2 atom stereocenters. The normalized spacial score (nSPS) is 13.6. The quantitative estimate of drug-likeness (QED) is 0.302. The van der Waals surface area contributed by atoms with Crippen LogP contribution in [0.2, 0.25) is 0 Å². The van der Waals surface area contributed by atoms with Crippen LogP contribution in [-0.2, 0) is 22.6 Å². The van der Waals surface area contributed by atoms with Crippen LogP contribution in [0.3, 0.4) is 0 Å². The number of hydrogen-bond acceptors (Lipinski definition) is 3. The summed E-state index contributed by atoms with van der Waals surface area (Å²) in [6.07, 6.45) is 1.03. The molecule has 3 N–H and O–H groups in total. The summed E-state index contributed by atoms with van der Waals surface area (Å²) in [6.45, 7) is 2.97. The van der Waals surface area contributed by atoms with Crippen LogP contribution in [0.25, 0.3) is 10.9 Å². The van der Waals surface area contributed by atoms with Crippen molar-refractivity contribution in [2.75, 3.05) is 0 Å². The molecule has 0 aliphatic heterocycles. The standard InChI is InChI=1S/C28H27F2N3O3/c1-18(19-8-4-3-5-9-19)32-26(34)28(2,15-21-16-31-25-11-7-6-10-23(21)25)33-27(35)36-17-20-14-22(29)12-13-24(20)30/h3-14,16,18,31H,15,17H2,1-2H3,(H,32,34)(H,33,35)/t18-,28+/m0/s1. The Balaban J connectivity index is 1.55. The Hall–Kier alpha value is -4.20. The van der Waals surface area contributed by atoms with Gasteiger partial charge in [0.25, 0.3) is 0 Å². The summed E-state index contributed by atoms with van der Waals surface area (Å²) >= 11 is 0. The van der Waals surface area contributed by atoms with Gasteiger partial charge in [-0.1, -0.05) is 48.5 Å². The van der Waals surface area contributed by atoms with Gasteiger partial charge in [-0.25, -0.2) is 13.6 Å². The Bertz CT molecular complexity index is 1370. The number of hydrogen-bond donors (Lipinski definition) is 3. The van der Waals surface area contributed by atoms with Crippen molar-refractivity contribution in [2.24, 2.45) is 0 Å². The third kappa shape index (κ3) is 5.71. The van der Waals surface area contributed by atoms with Gasteiger partial charge in [-0.3, -0.25) is 4.79 Å². The maximum Gasteiger partial charge on any atom is 0.408 e. The summed E-state index contributed by atoms with van der Waals surface area (Å²) in [7, 11) is 0. The summed E-state index contributed by atoms with van der Waals surface area (Å²) in [4.78, 5) is 29.4. The van der Waals surface area contributed by atoms with Crippen molar-refractivity contribution in [3.8, 4) is 0 Å². The molecular weight excluding hydrogens is 464 g/mol. The van der Waals surface area contributed by atoms with Gasteiger partial charge in [-0.05, 0) is 49.2 Å². The maximum atomic E-state index is 13.9. The number of alkyl carbamates (subject to hydrolysis) is 1. The fourth-order valence-corrected chi connectivity index (χ4v) is 4.08. The van der Waals surface area contributed by atoms with E-state index in [1.54, 1.807) is 13.1 Å². The van der Waals surface area contributed by atoms with Crippen molar-refractivity contribution in [1.29, 1.82) is 0 Å². The number of para-hydroxylation sites is 1. The van der Waals surface area contributed by atoms with Gasteiger partial charge in [-0.15, -0.1) is 0 Å². The minimum atomic E-state index is -1.41. The van der Waals surface area contributed by atoms with E-state index >= 15 is 0 Å². The van der Waals surface area contributed by atoms with E-state index in [1.807, 2.05) is 61.5 Å². The first-order chi connectivity index (χ1) is 17.2. The highest BCUT2D eigenvalue weighted by Crippen LogP contribution is 2.24. The number of carbonyl (C=O) groups excluding carboxylic acids is 2. The molecule has 0 bridgehead atoms. The molecule has 1 heterocycles. The highest BCUT2D eigenvalue weighted by molar-refractivity contribution is 5.91. The van der Waals surface area contributed by atoms with Crippen molar-refractivity contribution in [3.63, 3.8) is 0 Å². The molecule has 0 saturated carbocycles. The van der Waals surface area contributed by atoms with E-state index in [0.29, 0.717) is 0 Å². The van der Waals surface area contributed by atoms with Crippen LogP contribution in [0.4, 0.5) is 13.6 Å². The number of carbonyl (C=O) groups is 2. The number of fused-ring (bicyclic) bond motifs is 1. The summed E-state index contributed by atoms with van der Waals surface area (Å²) < 4.78 is 32.6. The Labute approximate surface area is 207 Å². The van der Waals surface area contributed by atoms with Crippen LogP contribution in [-0.4, -0.2) is 22.5 Å². The number of benzene rings is 3. The molecule has 1 aromatic heterocycles. The van der Waals surface area contributed by atoms with Gasteiger partial charge in [-0.2, -0.15) is 0 Å². The van der Waals surface area contributed by atoms with Gasteiger partial charge in [0.2, 0.25) is 5.91 Å². The third-order valence-corrected chi connectivity index (χ3v) is 6.11. The molecule has 0 spiro atoms. The first-order valence-electron chi connectivity index (χ1n) is 11.5. The zero-order chi connectivity index (χ0) is 25.7. The van der Waals surface area contributed by atoms with Crippen LogP contribution in [0.15, 0.2) is 79.0 Å². The summed E-state index contributed by atoms with van der Waals surface area (Å²) in [5.41, 5.74) is 1.12. The number of rotatable bonds is 8. The summed E-state index contributed by atoms with van der Waals surface area (Å²) in [5, 5.41) is 6.54. The molecule has 0 aliphatic rings. The lowest BCUT2D eigenvalue weighted by molar-refractivity contribution is -0.127. The molecular formula is C28H27F2N3O3. The number of aromatic nitrogens is 1. The highest BCUT2D eigenvalue weighted by atomic mass is 19.1. The van der Waals surface area contributed by atoms with Crippen LogP contribution < -0.4 is 10.6 Å². The lowest BCUT2D eigenvalue weighted by Crippen LogP contribution is -2.58. The molecule has 0 radical (unpaired) electrons. The van der Waals surface area contributed by atoms with Gasteiger partial charge < -0.3 is 20.4 Å². The molecule has 3 aromatic carbocycles. The highest BCUT2D eigenvalue weighted by Gasteiger charge is 2.37. The van der Waals surface area contributed by atoms with E-state index in [2.05, 4.69) is 15.6 Å². The molecule has 0 saturated heterocycles. The van der Waals surface area contributed by atoms with E-state index in [1.165, 1.54) is 0 Å². The Kier molecular flexibility index (Phi) is 7.33. The number of nitrogens with one attached hydrogen (secondary N) is 3. The molecule has 0 fully saturated rings. The van der Waals surface area contributed by atoms with E-state index in [-0.39, 0.29) is 18.0 Å². The predicted molar refractivity (Wildman–Crippen MR) is 133 cm³/mol. The first kappa shape index (κ1) is 24.9. The molecule has 2 amide bonds. The maximum absolute atomic E-state index is 13.9. The fourth-order valence-electron chi connectivity index (χ4n) is 4.08. The average molecular weight is 492 g/mol. The van der Waals surface area contributed by atoms with Crippen molar-refractivity contribution in [1.82, 2.24) is 15.6 Å². The van der Waals surface area contributed by atoms with Gasteiger partial charge in [0, 0.05) is 29.1 Å². The van der Waals surface area contributed by atoms with Crippen LogP contribution in [0.1, 0.15) is 36.6 Å². The van der Waals surface area contributed by atoms with Crippen LogP contribution in [0, 0.1) is 11.6 Å². The minimum absolute atomic E-state index is 0.106. The molecule has 0 aliphatic carbocycles. The summed E-state index contributed by atoms with van der Waals surface area (Å²) in [6, 6.07) is 19.7. The third-order valence-electron chi connectivity index (χ3n) is 6.11. The molecule has 186 valence electrons. The SMILES string of the molecule is C[C@H](NC(=O)[C@@](C)(Cc1c[nH]c2ccccc12)NC(=O)OCc1cc(F)ccc1F)c1ccccc1. The van der Waals surface area contributed by atoms with Gasteiger partial charge in [0.1, 0.15) is 23.8 Å². The molecule has 8 heteroatoms. The van der Waals surface area contributed by atoms with Crippen LogP contribution >= 0.6 is 0 Å². The lowest BCUT2D eigenvalue weighted by atomic mass is 9.91. The second kappa shape index (κ2) is 10.6. The van der Waals surface area contributed by atoms with Crippen molar-refractivity contribution in [3.05, 3.63) is 107 Å². The Morgan fingerprint density at radius 1 is 1.00 bits per heavy atom. The smallest absolute Gasteiger partial charge is 0.408 e. The fraction of sp³-hybridized carbons (Fsp3) is 0.214. The number of amides is 2. The molecule has 4 rings (SSSR count). The van der Waals surface area contributed by atoms with E-state index in [9.17, 15) is 18.4 Å². The predicted octanol–water partition coefficient (Wildman–Crippen LogP) is 5.55. The van der Waals surface area contributed by atoms with Crippen LogP contribution in [0.5, 0.6) is 0 Å². The zero-order valence-corrected chi connectivity index (χ0v) is 20.0. The first-order valence-corrected chi connectivity index (χ1v) is 11.5. The van der Waals surface area contributed by atoms with Crippen molar-refractivity contribution in [2.45, 2.75) is 38.5 Å². The Morgan fingerprint density at radius 3 is 2.50 bits per heavy atom. The minimum Gasteiger partial charge on any atom is -0.445 e. The number of aromatic amines is 1. The van der Waals surface area contributed by atoms with Gasteiger partial charge in [0.05, 0.1) is 6.04 Å². The zero-order valence-electron chi connectivity index (χ0n) is 20.0. The van der Waals surface area contributed by atoms with Gasteiger partial charge in [0.15, 0.2) is 0 Å². The van der Waals surface area contributed by atoms with Crippen molar-refractivity contribution < 1.29 is 23.1 Å². The number of halogens is 2. The molecule has 0 unspecified atom stereocenters.